The molecule has 2 aromatic rings. The van der Waals surface area contributed by atoms with Gasteiger partial charge in [-0.05, 0) is 44.0 Å². The van der Waals surface area contributed by atoms with Gasteiger partial charge in [-0.25, -0.2) is 0 Å². The number of amides is 1. The number of aliphatic hydroxyl groups is 1. The van der Waals surface area contributed by atoms with Gasteiger partial charge in [0.1, 0.15) is 12.2 Å². The van der Waals surface area contributed by atoms with E-state index in [9.17, 15) is 9.90 Å². The third-order valence-electron chi connectivity index (χ3n) is 6.51. The summed E-state index contributed by atoms with van der Waals surface area (Å²) in [5.74, 6) is 6.43. The fourth-order valence-corrected chi connectivity index (χ4v) is 4.83. The number of likely N-dealkylation sites (tertiary alicyclic amines) is 1. The van der Waals surface area contributed by atoms with E-state index in [1.54, 1.807) is 12.4 Å². The number of hydrogen-bond acceptors (Lipinski definition) is 5. The number of ether oxygens (including phenoxy) is 1. The highest BCUT2D eigenvalue weighted by molar-refractivity contribution is 5.78. The van der Waals surface area contributed by atoms with Crippen LogP contribution < -0.4 is 5.32 Å². The Morgan fingerprint density at radius 2 is 1.88 bits per heavy atom. The highest BCUT2D eigenvalue weighted by Crippen LogP contribution is 2.50. The van der Waals surface area contributed by atoms with E-state index in [0.29, 0.717) is 17.0 Å². The molecule has 1 fully saturated rings. The zero-order valence-corrected chi connectivity index (χ0v) is 21.4. The van der Waals surface area contributed by atoms with Crippen LogP contribution in [0.3, 0.4) is 0 Å². The van der Waals surface area contributed by atoms with Gasteiger partial charge in [-0.3, -0.25) is 9.78 Å². The largest absolute Gasteiger partial charge is 0.380 e. The van der Waals surface area contributed by atoms with E-state index in [1.807, 2.05) is 32.0 Å². The number of benzene rings is 1. The highest BCUT2D eigenvalue weighted by atomic mass is 16.5. The van der Waals surface area contributed by atoms with Gasteiger partial charge in [-0.2, -0.15) is 0 Å². The number of carbonyl (C=O) groups is 1. The van der Waals surface area contributed by atoms with Gasteiger partial charge in [0.2, 0.25) is 5.91 Å². The topological polar surface area (TPSA) is 74.7 Å². The first-order chi connectivity index (χ1) is 15.9. The predicted octanol–water partition coefficient (Wildman–Crippen LogP) is 3.29. The summed E-state index contributed by atoms with van der Waals surface area (Å²) in [5, 5.41) is 15.2. The number of nitrogens with zero attached hydrogens (tertiary/aromatic N) is 2. The lowest BCUT2D eigenvalue weighted by Crippen LogP contribution is -2.63. The van der Waals surface area contributed by atoms with Crippen LogP contribution in [-0.4, -0.2) is 60.3 Å². The summed E-state index contributed by atoms with van der Waals surface area (Å²) in [6.45, 7) is 11.6. The Kier molecular flexibility index (Phi) is 7.52. The molecule has 1 aromatic heterocycles. The molecule has 6 nitrogen and oxygen atoms in total. The van der Waals surface area contributed by atoms with Crippen LogP contribution in [0, 0.1) is 17.3 Å². The van der Waals surface area contributed by atoms with Crippen molar-refractivity contribution in [1.82, 2.24) is 15.2 Å². The van der Waals surface area contributed by atoms with Crippen molar-refractivity contribution in [2.45, 2.75) is 51.7 Å². The standard InChI is InChI=1S/C28H37N3O3/c1-20(2)22-8-10-23(11-9-22)28(33,27(5)18-31(6)19-27)24-14-21(15-29-16-24)12-13-26(3,4)30-25(32)17-34-7/h8-11,14-16,20,33H,17-19H2,1-7H3,(H,30,32)/t28-/m0/s1. The molecule has 1 aliphatic heterocycles. The minimum atomic E-state index is -1.22. The second-order valence-electron chi connectivity index (χ2n) is 10.5. The molecule has 0 aliphatic carbocycles. The first-order valence-electron chi connectivity index (χ1n) is 11.7. The summed E-state index contributed by atoms with van der Waals surface area (Å²) >= 11 is 0. The van der Waals surface area contributed by atoms with Crippen LogP contribution in [0.1, 0.15) is 62.8 Å². The Bertz CT molecular complexity index is 1080. The SMILES string of the molecule is COCC(=O)NC(C)(C)C#Cc1cncc([C@@](O)(c2ccc(C(C)C)cc2)C2(C)CN(C)C2)c1. The second kappa shape index (κ2) is 9.87. The third-order valence-corrected chi connectivity index (χ3v) is 6.51. The van der Waals surface area contributed by atoms with E-state index in [4.69, 9.17) is 4.74 Å². The minimum Gasteiger partial charge on any atom is -0.380 e. The van der Waals surface area contributed by atoms with Gasteiger partial charge in [0.25, 0.3) is 0 Å². The zero-order valence-electron chi connectivity index (χ0n) is 21.4. The zero-order chi connectivity index (χ0) is 25.1. The molecule has 1 saturated heterocycles. The van der Waals surface area contributed by atoms with Gasteiger partial charge in [0.15, 0.2) is 0 Å². The first kappa shape index (κ1) is 25.9. The Hall–Kier alpha value is -2.72. The van der Waals surface area contributed by atoms with Crippen molar-refractivity contribution in [2.75, 3.05) is 33.9 Å². The monoisotopic (exact) mass is 463 g/mol. The van der Waals surface area contributed by atoms with Crippen molar-refractivity contribution in [1.29, 1.82) is 0 Å². The number of pyridine rings is 1. The van der Waals surface area contributed by atoms with E-state index in [0.717, 1.165) is 18.7 Å². The molecule has 34 heavy (non-hydrogen) atoms. The molecule has 0 unspecified atom stereocenters. The van der Waals surface area contributed by atoms with Crippen molar-refractivity contribution >= 4 is 5.91 Å². The maximum Gasteiger partial charge on any atom is 0.247 e. The smallest absolute Gasteiger partial charge is 0.247 e. The van der Waals surface area contributed by atoms with Gasteiger partial charge in [-0.1, -0.05) is 56.9 Å². The number of hydrogen-bond donors (Lipinski definition) is 2. The Morgan fingerprint density at radius 3 is 2.44 bits per heavy atom. The number of nitrogens with one attached hydrogen (secondary N) is 1. The van der Waals surface area contributed by atoms with Gasteiger partial charge >= 0.3 is 0 Å². The number of aromatic nitrogens is 1. The van der Waals surface area contributed by atoms with Crippen LogP contribution in [0.2, 0.25) is 0 Å². The molecule has 1 aromatic carbocycles. The lowest BCUT2D eigenvalue weighted by molar-refractivity contribution is -0.127. The maximum atomic E-state index is 12.3. The van der Waals surface area contributed by atoms with Crippen LogP contribution in [-0.2, 0) is 15.1 Å². The number of rotatable bonds is 7. The molecular formula is C28H37N3O3. The highest BCUT2D eigenvalue weighted by Gasteiger charge is 2.55. The lowest BCUT2D eigenvalue weighted by Gasteiger charge is -2.55. The van der Waals surface area contributed by atoms with Crippen molar-refractivity contribution < 1.29 is 14.6 Å². The summed E-state index contributed by atoms with van der Waals surface area (Å²) < 4.78 is 4.88. The van der Waals surface area contributed by atoms with Crippen LogP contribution in [0.25, 0.3) is 0 Å². The molecule has 1 atom stereocenters. The summed E-state index contributed by atoms with van der Waals surface area (Å²) in [7, 11) is 3.54. The number of methoxy groups -OCH3 is 1. The van der Waals surface area contributed by atoms with E-state index >= 15 is 0 Å². The van der Waals surface area contributed by atoms with E-state index in [1.165, 1.54) is 12.7 Å². The predicted molar refractivity (Wildman–Crippen MR) is 134 cm³/mol. The Morgan fingerprint density at radius 1 is 1.24 bits per heavy atom. The summed E-state index contributed by atoms with van der Waals surface area (Å²) in [4.78, 5) is 18.5. The normalized spacial score (nSPS) is 17.3. The van der Waals surface area contributed by atoms with E-state index < -0.39 is 11.1 Å². The molecule has 182 valence electrons. The minimum absolute atomic E-state index is 0.0161. The molecule has 2 N–H and O–H groups in total. The van der Waals surface area contributed by atoms with Gasteiger partial charge in [-0.15, -0.1) is 0 Å². The molecule has 3 rings (SSSR count). The molecule has 6 heteroatoms. The lowest BCUT2D eigenvalue weighted by atomic mass is 9.62. The van der Waals surface area contributed by atoms with Crippen molar-refractivity contribution in [3.8, 4) is 11.8 Å². The van der Waals surface area contributed by atoms with Crippen LogP contribution >= 0.6 is 0 Å². The Labute approximate surface area is 203 Å². The second-order valence-corrected chi connectivity index (χ2v) is 10.5. The molecule has 2 heterocycles. The fourth-order valence-electron chi connectivity index (χ4n) is 4.83. The van der Waals surface area contributed by atoms with E-state index in [2.05, 4.69) is 67.0 Å². The molecule has 0 saturated carbocycles. The number of carbonyl (C=O) groups excluding carboxylic acids is 1. The van der Waals surface area contributed by atoms with Crippen molar-refractivity contribution in [3.05, 3.63) is 65.0 Å². The molecule has 1 amide bonds. The third kappa shape index (κ3) is 5.33. The molecular weight excluding hydrogens is 426 g/mol. The molecule has 0 radical (unpaired) electrons. The quantitative estimate of drug-likeness (QED) is 0.617. The molecule has 1 aliphatic rings. The fraction of sp³-hybridized carbons (Fsp3) is 0.500. The van der Waals surface area contributed by atoms with E-state index in [-0.39, 0.29) is 17.9 Å². The van der Waals surface area contributed by atoms with Gasteiger partial charge in [0.05, 0.1) is 5.54 Å². The first-order valence-corrected chi connectivity index (χ1v) is 11.7. The van der Waals surface area contributed by atoms with Crippen molar-refractivity contribution in [2.24, 2.45) is 5.41 Å². The average Bonchev–Trinajstić information content (AvgIpc) is 2.76. The van der Waals surface area contributed by atoms with Crippen molar-refractivity contribution in [3.63, 3.8) is 0 Å². The summed E-state index contributed by atoms with van der Waals surface area (Å²) in [5.41, 5.74) is 1.15. The summed E-state index contributed by atoms with van der Waals surface area (Å²) in [6, 6.07) is 10.2. The maximum absolute atomic E-state index is 12.3. The molecule has 0 bridgehead atoms. The average molecular weight is 464 g/mol. The Balaban J connectivity index is 1.99. The van der Waals surface area contributed by atoms with Gasteiger partial charge in [0, 0.05) is 49.1 Å². The van der Waals surface area contributed by atoms with Crippen LogP contribution in [0.4, 0.5) is 0 Å². The van der Waals surface area contributed by atoms with Crippen LogP contribution in [0.5, 0.6) is 0 Å². The van der Waals surface area contributed by atoms with Gasteiger partial charge < -0.3 is 20.1 Å². The molecule has 0 spiro atoms. The van der Waals surface area contributed by atoms with Crippen LogP contribution in [0.15, 0.2) is 42.7 Å². The summed E-state index contributed by atoms with van der Waals surface area (Å²) in [6.07, 6.45) is 3.41.